The maximum absolute atomic E-state index is 10.0. The van der Waals surface area contributed by atoms with Crippen LogP contribution in [0.4, 0.5) is 0 Å². The van der Waals surface area contributed by atoms with E-state index in [1.165, 1.54) is 0 Å². The molecule has 210 valence electrons. The van der Waals surface area contributed by atoms with Crippen LogP contribution in [-0.2, 0) is 0 Å². The second-order valence-corrected chi connectivity index (χ2v) is 10.8. The van der Waals surface area contributed by atoms with Crippen molar-refractivity contribution in [1.82, 2.24) is 0 Å². The van der Waals surface area contributed by atoms with Crippen molar-refractivity contribution in [3.63, 3.8) is 0 Å². The lowest BCUT2D eigenvalue weighted by Gasteiger charge is -2.21. The van der Waals surface area contributed by atoms with E-state index in [2.05, 4.69) is 12.1 Å². The average Bonchev–Trinajstić information content (AvgIpc) is 3.64. The van der Waals surface area contributed by atoms with Crippen LogP contribution in [0, 0.1) is 0 Å². The summed E-state index contributed by atoms with van der Waals surface area (Å²) in [5, 5.41) is 2.76. The van der Waals surface area contributed by atoms with Crippen molar-refractivity contribution in [2.45, 2.75) is 0 Å². The number of hydrogen-bond donors (Lipinski definition) is 0. The maximum atomic E-state index is 10.0. The quantitative estimate of drug-likeness (QED) is 0.188. The van der Waals surface area contributed by atoms with Gasteiger partial charge in [-0.2, -0.15) is 0 Å². The smallest absolute Gasteiger partial charge is 0.136 e. The third-order valence-electron chi connectivity index (χ3n) is 8.29. The van der Waals surface area contributed by atoms with E-state index in [4.69, 9.17) is 16.8 Å². The average molecular weight is 584 g/mol. The van der Waals surface area contributed by atoms with Gasteiger partial charge < -0.3 is 4.42 Å². The summed E-state index contributed by atoms with van der Waals surface area (Å²) in [5.41, 5.74) is 3.40. The lowest BCUT2D eigenvalue weighted by molar-refractivity contribution is 0.669. The Labute approximate surface area is 277 Å². The lowest BCUT2D eigenvalue weighted by Crippen LogP contribution is -1.94. The normalized spacial score (nSPS) is 15.0. The standard InChI is InChI=1S/C44H28O/c1-3-15-29(16-4-1)31-19-7-8-21-33(31)43-34-22-9-11-24-36(34)44(37-25-12-10-23-35(37)43)40-27-39-32-20-13-14-26-41(32)45-42(39)28-38(40)30-17-5-2-6-18-30/h1-28H/i2D,5D,6D,13D,14D,17D,18D,20D,26D,27D,28D. The molecule has 9 aromatic rings. The molecule has 1 nitrogen and oxygen atoms in total. The van der Waals surface area contributed by atoms with Gasteiger partial charge in [0, 0.05) is 10.8 Å². The first-order valence-electron chi connectivity index (χ1n) is 20.1. The van der Waals surface area contributed by atoms with E-state index in [1.807, 2.05) is 91.0 Å². The van der Waals surface area contributed by atoms with Crippen LogP contribution in [0.1, 0.15) is 15.1 Å². The largest absolute Gasteiger partial charge is 0.456 e. The third-order valence-corrected chi connectivity index (χ3v) is 8.29. The fourth-order valence-electron chi connectivity index (χ4n) is 6.40. The summed E-state index contributed by atoms with van der Waals surface area (Å²) in [7, 11) is 0. The van der Waals surface area contributed by atoms with Gasteiger partial charge in [0.1, 0.15) is 11.2 Å². The van der Waals surface area contributed by atoms with Crippen LogP contribution in [0.2, 0.25) is 0 Å². The number of rotatable bonds is 4. The van der Waals surface area contributed by atoms with Crippen molar-refractivity contribution in [2.75, 3.05) is 0 Å². The Bertz CT molecular complexity index is 3070. The molecule has 8 aromatic carbocycles. The molecule has 0 aliphatic rings. The Hall–Kier alpha value is -5.92. The highest BCUT2D eigenvalue weighted by molar-refractivity contribution is 6.24. The second-order valence-electron chi connectivity index (χ2n) is 10.8. The first kappa shape index (κ1) is 16.8. The number of furan rings is 1. The molecule has 0 aliphatic heterocycles. The molecule has 9 rings (SSSR count). The maximum Gasteiger partial charge on any atom is 0.136 e. The molecule has 0 saturated heterocycles. The number of hydrogen-bond acceptors (Lipinski definition) is 1. The summed E-state index contributed by atoms with van der Waals surface area (Å²) in [5.74, 6) is 0. The molecule has 45 heavy (non-hydrogen) atoms. The van der Waals surface area contributed by atoms with Gasteiger partial charge in [-0.15, -0.1) is 0 Å². The minimum absolute atomic E-state index is 0.0465. The summed E-state index contributed by atoms with van der Waals surface area (Å²) in [4.78, 5) is 0. The van der Waals surface area contributed by atoms with Crippen molar-refractivity contribution in [2.24, 2.45) is 0 Å². The van der Waals surface area contributed by atoms with E-state index < -0.39 is 60.4 Å². The van der Waals surface area contributed by atoms with E-state index >= 15 is 0 Å². The van der Waals surface area contributed by atoms with E-state index in [0.717, 1.165) is 33.0 Å². The molecule has 0 aliphatic carbocycles. The highest BCUT2D eigenvalue weighted by Gasteiger charge is 2.22. The molecule has 0 saturated carbocycles. The second kappa shape index (κ2) is 10.4. The molecule has 1 heterocycles. The molecule has 0 radical (unpaired) electrons. The van der Waals surface area contributed by atoms with Gasteiger partial charge in [-0.3, -0.25) is 0 Å². The highest BCUT2D eigenvalue weighted by atomic mass is 16.3. The zero-order valence-electron chi connectivity index (χ0n) is 34.7. The fraction of sp³-hybridized carbons (Fsp3) is 0. The topological polar surface area (TPSA) is 13.1 Å². The van der Waals surface area contributed by atoms with Gasteiger partial charge in [-0.05, 0) is 84.2 Å². The Morgan fingerprint density at radius 1 is 0.356 bits per heavy atom. The molecule has 1 heteroatoms. The van der Waals surface area contributed by atoms with Crippen LogP contribution in [-0.4, -0.2) is 0 Å². The summed E-state index contributed by atoms with van der Waals surface area (Å²) in [6.07, 6.45) is 0. The zero-order chi connectivity index (χ0) is 39.3. The predicted molar refractivity (Wildman–Crippen MR) is 190 cm³/mol. The molecule has 0 fully saturated rings. The summed E-state index contributed by atoms with van der Waals surface area (Å²) < 4.78 is 104. The number of benzene rings is 8. The summed E-state index contributed by atoms with van der Waals surface area (Å²) in [6.45, 7) is 0. The first-order chi connectivity index (χ1) is 26.9. The molecule has 0 unspecified atom stereocenters. The zero-order valence-corrected chi connectivity index (χ0v) is 23.7. The minimum Gasteiger partial charge on any atom is -0.456 e. The number of fused-ring (bicyclic) bond motifs is 5. The summed E-state index contributed by atoms with van der Waals surface area (Å²) in [6, 6.07) is 27.6. The van der Waals surface area contributed by atoms with E-state index in [1.54, 1.807) is 0 Å². The van der Waals surface area contributed by atoms with Gasteiger partial charge >= 0.3 is 0 Å². The minimum atomic E-state index is -0.621. The van der Waals surface area contributed by atoms with Crippen LogP contribution in [0.3, 0.4) is 0 Å². The van der Waals surface area contributed by atoms with Crippen molar-refractivity contribution in [3.8, 4) is 44.5 Å². The summed E-state index contributed by atoms with van der Waals surface area (Å²) >= 11 is 0. The fourth-order valence-corrected chi connectivity index (χ4v) is 6.40. The van der Waals surface area contributed by atoms with Gasteiger partial charge in [0.2, 0.25) is 0 Å². The van der Waals surface area contributed by atoms with E-state index in [0.29, 0.717) is 16.3 Å². The van der Waals surface area contributed by atoms with Crippen LogP contribution in [0.5, 0.6) is 0 Å². The SMILES string of the molecule is [2H]c1c([2H])c([2H])c(-c2c(-c3c4ccccc4c(-c4ccccc4-c4ccccc4)c4ccccc34)c([2H])c3c(oc4c([2H])c([2H])c([2H])c([2H])c43)c2[2H])c([2H])c1[2H]. The molecule has 0 spiro atoms. The Morgan fingerprint density at radius 3 is 1.60 bits per heavy atom. The first-order valence-corrected chi connectivity index (χ1v) is 14.6. The highest BCUT2D eigenvalue weighted by Crippen LogP contribution is 2.49. The lowest BCUT2D eigenvalue weighted by atomic mass is 9.82. The van der Waals surface area contributed by atoms with Crippen LogP contribution in [0.25, 0.3) is 88.0 Å². The molecular weight excluding hydrogens is 544 g/mol. The Balaban J connectivity index is 1.54. The van der Waals surface area contributed by atoms with Gasteiger partial charge in [0.05, 0.1) is 15.1 Å². The van der Waals surface area contributed by atoms with Gasteiger partial charge in [-0.1, -0.05) is 151 Å². The van der Waals surface area contributed by atoms with Crippen LogP contribution in [0.15, 0.2) is 174 Å². The Kier molecular flexibility index (Phi) is 3.87. The van der Waals surface area contributed by atoms with Gasteiger partial charge in [-0.25, -0.2) is 0 Å². The van der Waals surface area contributed by atoms with E-state index in [-0.39, 0.29) is 44.7 Å². The van der Waals surface area contributed by atoms with Crippen molar-refractivity contribution in [1.29, 1.82) is 0 Å². The van der Waals surface area contributed by atoms with Gasteiger partial charge in [0.25, 0.3) is 0 Å². The monoisotopic (exact) mass is 583 g/mol. The molecule has 1 aromatic heterocycles. The number of para-hydroxylation sites is 1. The van der Waals surface area contributed by atoms with Crippen LogP contribution >= 0.6 is 0 Å². The molecular formula is C44H28O. The van der Waals surface area contributed by atoms with Crippen molar-refractivity contribution < 1.29 is 19.5 Å². The molecule has 0 N–H and O–H groups in total. The van der Waals surface area contributed by atoms with Gasteiger partial charge in [0.15, 0.2) is 0 Å². The molecule has 0 amide bonds. The van der Waals surface area contributed by atoms with Crippen molar-refractivity contribution >= 4 is 43.5 Å². The third kappa shape index (κ3) is 4.09. The predicted octanol–water partition coefficient (Wildman–Crippen LogP) is 12.6. The Morgan fingerprint density at radius 2 is 0.911 bits per heavy atom. The molecule has 0 bridgehead atoms. The van der Waals surface area contributed by atoms with Crippen molar-refractivity contribution in [3.05, 3.63) is 170 Å². The van der Waals surface area contributed by atoms with E-state index in [9.17, 15) is 2.74 Å². The van der Waals surface area contributed by atoms with Crippen LogP contribution < -0.4 is 0 Å². The molecule has 0 atom stereocenters.